The fraction of sp³-hybridized carbons (Fsp3) is 0.500. The molecule has 4 rings (SSSR count). The molecule has 27 heavy (non-hydrogen) atoms. The molecule has 2 N–H and O–H groups in total. The van der Waals surface area contributed by atoms with Gasteiger partial charge >= 0.3 is 0 Å². The standard InChI is InChI=1S/C20H25N3O2S.ClH/c1-12-3-6-18(25-2)16(7-12)17-11-26-20(22-17)23-19(24)10-13-8-14-4-5-15(9-13)21-14;/h3,6-7,11,13-15,21H,4-5,8-10H2,1-2H3,(H,22,23,24);1H. The van der Waals surface area contributed by atoms with Crippen molar-refractivity contribution >= 4 is 34.8 Å². The van der Waals surface area contributed by atoms with Crippen LogP contribution in [-0.2, 0) is 4.79 Å². The maximum Gasteiger partial charge on any atom is 0.226 e. The largest absolute Gasteiger partial charge is 0.496 e. The van der Waals surface area contributed by atoms with E-state index >= 15 is 0 Å². The maximum absolute atomic E-state index is 12.4. The molecule has 0 aliphatic carbocycles. The Balaban J connectivity index is 0.00000210. The van der Waals surface area contributed by atoms with E-state index in [1.807, 2.05) is 24.4 Å². The first-order chi connectivity index (χ1) is 12.6. The maximum atomic E-state index is 12.4. The summed E-state index contributed by atoms with van der Waals surface area (Å²) in [6, 6.07) is 7.26. The average molecular weight is 408 g/mol. The fourth-order valence-corrected chi connectivity index (χ4v) is 4.98. The molecule has 1 amide bonds. The lowest BCUT2D eigenvalue weighted by molar-refractivity contribution is -0.117. The lowest BCUT2D eigenvalue weighted by atomic mass is 9.89. The van der Waals surface area contributed by atoms with Crippen molar-refractivity contribution in [3.63, 3.8) is 0 Å². The van der Waals surface area contributed by atoms with E-state index in [0.29, 0.717) is 29.6 Å². The SMILES string of the molecule is COc1ccc(C)cc1-c1csc(NC(=O)CC2CC3CCC(C2)N3)n1.Cl. The van der Waals surface area contributed by atoms with Crippen LogP contribution in [0.3, 0.4) is 0 Å². The number of rotatable bonds is 5. The Labute approximate surface area is 170 Å². The van der Waals surface area contributed by atoms with Gasteiger partial charge in [0.15, 0.2) is 5.13 Å². The Morgan fingerprint density at radius 2 is 2.07 bits per heavy atom. The summed E-state index contributed by atoms with van der Waals surface area (Å²) in [7, 11) is 1.66. The number of hydrogen-bond donors (Lipinski definition) is 2. The number of carbonyl (C=O) groups excluding carboxylic acids is 1. The molecule has 3 heterocycles. The first-order valence-corrected chi connectivity index (χ1v) is 10.1. The molecule has 2 aliphatic heterocycles. The van der Waals surface area contributed by atoms with Crippen molar-refractivity contribution in [2.24, 2.45) is 5.92 Å². The number of benzene rings is 1. The highest BCUT2D eigenvalue weighted by Gasteiger charge is 2.34. The van der Waals surface area contributed by atoms with Gasteiger partial charge in [0.05, 0.1) is 12.8 Å². The van der Waals surface area contributed by atoms with Crippen LogP contribution in [0.15, 0.2) is 23.6 Å². The third-order valence-electron chi connectivity index (χ3n) is 5.43. The van der Waals surface area contributed by atoms with Crippen LogP contribution < -0.4 is 15.4 Å². The number of anilines is 1. The Hall–Kier alpha value is -1.63. The van der Waals surface area contributed by atoms with Gasteiger partial charge in [0.1, 0.15) is 5.75 Å². The van der Waals surface area contributed by atoms with Gasteiger partial charge in [0, 0.05) is 29.4 Å². The molecule has 0 saturated carbocycles. The van der Waals surface area contributed by atoms with Gasteiger partial charge in [-0.3, -0.25) is 4.79 Å². The lowest BCUT2D eigenvalue weighted by Crippen LogP contribution is -2.39. The predicted octanol–water partition coefficient (Wildman–Crippen LogP) is 4.41. The highest BCUT2D eigenvalue weighted by atomic mass is 35.5. The number of thiazole rings is 1. The van der Waals surface area contributed by atoms with Crippen molar-refractivity contribution in [2.75, 3.05) is 12.4 Å². The quantitative estimate of drug-likeness (QED) is 0.770. The highest BCUT2D eigenvalue weighted by Crippen LogP contribution is 2.34. The molecule has 2 fully saturated rings. The topological polar surface area (TPSA) is 63.2 Å². The number of methoxy groups -OCH3 is 1. The van der Waals surface area contributed by atoms with E-state index in [-0.39, 0.29) is 18.3 Å². The summed E-state index contributed by atoms with van der Waals surface area (Å²) in [4.78, 5) is 17.0. The van der Waals surface area contributed by atoms with Gasteiger partial charge < -0.3 is 15.4 Å². The molecule has 0 radical (unpaired) electrons. The summed E-state index contributed by atoms with van der Waals surface area (Å²) in [6.07, 6.45) is 5.35. The Bertz CT molecular complexity index is 798. The summed E-state index contributed by atoms with van der Waals surface area (Å²) in [6.45, 7) is 2.05. The predicted molar refractivity (Wildman–Crippen MR) is 112 cm³/mol. The third kappa shape index (κ3) is 4.62. The summed E-state index contributed by atoms with van der Waals surface area (Å²) >= 11 is 1.46. The van der Waals surface area contributed by atoms with Gasteiger partial charge in [-0.25, -0.2) is 4.98 Å². The van der Waals surface area contributed by atoms with Gasteiger partial charge in [-0.15, -0.1) is 23.7 Å². The number of aromatic nitrogens is 1. The minimum absolute atomic E-state index is 0. The van der Waals surface area contributed by atoms with Crippen LogP contribution in [0.2, 0.25) is 0 Å². The van der Waals surface area contributed by atoms with Crippen molar-refractivity contribution in [3.05, 3.63) is 29.1 Å². The number of nitrogens with zero attached hydrogens (tertiary/aromatic N) is 1. The minimum atomic E-state index is 0. The first kappa shape index (κ1) is 20.1. The number of carbonyl (C=O) groups is 1. The van der Waals surface area contributed by atoms with Crippen LogP contribution in [0, 0.1) is 12.8 Å². The van der Waals surface area contributed by atoms with Gasteiger partial charge in [-0.05, 0) is 50.7 Å². The summed E-state index contributed by atoms with van der Waals surface area (Å²) in [5.74, 6) is 1.36. The Kier molecular flexibility index (Phi) is 6.40. The molecule has 2 saturated heterocycles. The monoisotopic (exact) mass is 407 g/mol. The molecular formula is C20H26ClN3O2S. The van der Waals surface area contributed by atoms with E-state index in [2.05, 4.69) is 21.7 Å². The fourth-order valence-electron chi connectivity index (χ4n) is 4.25. The zero-order valence-corrected chi connectivity index (χ0v) is 17.3. The average Bonchev–Trinajstić information content (AvgIpc) is 3.21. The second-order valence-corrected chi connectivity index (χ2v) is 8.33. The molecule has 146 valence electrons. The van der Waals surface area contributed by atoms with Gasteiger partial charge in [-0.1, -0.05) is 11.6 Å². The molecule has 5 nitrogen and oxygen atoms in total. The van der Waals surface area contributed by atoms with Crippen LogP contribution >= 0.6 is 23.7 Å². The minimum Gasteiger partial charge on any atom is -0.496 e. The van der Waals surface area contributed by atoms with E-state index in [1.54, 1.807) is 7.11 Å². The molecule has 0 spiro atoms. The molecule has 2 aromatic rings. The number of amides is 1. The number of piperidine rings is 1. The highest BCUT2D eigenvalue weighted by molar-refractivity contribution is 7.14. The summed E-state index contributed by atoms with van der Waals surface area (Å²) in [5.41, 5.74) is 2.95. The van der Waals surface area contributed by atoms with Crippen LogP contribution in [0.1, 0.15) is 37.7 Å². The van der Waals surface area contributed by atoms with E-state index in [1.165, 1.54) is 24.2 Å². The zero-order valence-electron chi connectivity index (χ0n) is 15.7. The van der Waals surface area contributed by atoms with E-state index in [9.17, 15) is 4.79 Å². The second-order valence-electron chi connectivity index (χ2n) is 7.47. The normalized spacial score (nSPS) is 23.6. The second kappa shape index (κ2) is 8.59. The first-order valence-electron chi connectivity index (χ1n) is 9.27. The van der Waals surface area contributed by atoms with Crippen LogP contribution in [0.25, 0.3) is 11.3 Å². The Morgan fingerprint density at radius 1 is 1.33 bits per heavy atom. The van der Waals surface area contributed by atoms with Crippen LogP contribution in [0.5, 0.6) is 5.75 Å². The van der Waals surface area contributed by atoms with Gasteiger partial charge in [-0.2, -0.15) is 0 Å². The van der Waals surface area contributed by atoms with Gasteiger partial charge in [0.25, 0.3) is 0 Å². The number of fused-ring (bicyclic) bond motifs is 2. The lowest BCUT2D eigenvalue weighted by Gasteiger charge is -2.28. The van der Waals surface area contributed by atoms with Crippen molar-refractivity contribution in [2.45, 2.75) is 51.1 Å². The van der Waals surface area contributed by atoms with Crippen LogP contribution in [-0.4, -0.2) is 30.1 Å². The van der Waals surface area contributed by atoms with Crippen molar-refractivity contribution in [1.82, 2.24) is 10.3 Å². The molecular weight excluding hydrogens is 382 g/mol. The Morgan fingerprint density at radius 3 is 2.78 bits per heavy atom. The van der Waals surface area contributed by atoms with Gasteiger partial charge in [0.2, 0.25) is 5.91 Å². The number of hydrogen-bond acceptors (Lipinski definition) is 5. The number of halogens is 1. The zero-order chi connectivity index (χ0) is 18.1. The van der Waals surface area contributed by atoms with Crippen molar-refractivity contribution in [3.8, 4) is 17.0 Å². The smallest absolute Gasteiger partial charge is 0.226 e. The molecule has 7 heteroatoms. The molecule has 1 aromatic carbocycles. The molecule has 2 atom stereocenters. The summed E-state index contributed by atoms with van der Waals surface area (Å²) < 4.78 is 5.44. The molecule has 2 bridgehead atoms. The van der Waals surface area contributed by atoms with Crippen molar-refractivity contribution < 1.29 is 9.53 Å². The van der Waals surface area contributed by atoms with Crippen molar-refractivity contribution in [1.29, 1.82) is 0 Å². The number of ether oxygens (including phenoxy) is 1. The van der Waals surface area contributed by atoms with E-state index in [0.717, 1.165) is 35.4 Å². The molecule has 2 unspecified atom stereocenters. The molecule has 1 aromatic heterocycles. The molecule has 2 aliphatic rings. The number of nitrogens with one attached hydrogen (secondary N) is 2. The van der Waals surface area contributed by atoms with Crippen LogP contribution in [0.4, 0.5) is 5.13 Å². The number of aryl methyl sites for hydroxylation is 1. The summed E-state index contributed by atoms with van der Waals surface area (Å²) in [5, 5.41) is 9.24. The van der Waals surface area contributed by atoms with E-state index in [4.69, 9.17) is 4.74 Å². The third-order valence-corrected chi connectivity index (χ3v) is 6.18. The van der Waals surface area contributed by atoms with E-state index < -0.39 is 0 Å².